The standard InChI is InChI=1S/C9H11N3O2/c1-5-6(2-3-13)8(11)12-9(14)7(5)4-10/h13H,2-3H2,1H3,(H3,11,12,14). The molecular weight excluding hydrogens is 182 g/mol. The number of nitrogens with two attached hydrogens (primary N) is 1. The summed E-state index contributed by atoms with van der Waals surface area (Å²) in [6.45, 7) is 1.58. The van der Waals surface area contributed by atoms with Crippen molar-refractivity contribution < 1.29 is 5.11 Å². The van der Waals surface area contributed by atoms with Crippen molar-refractivity contribution in [3.63, 3.8) is 0 Å². The van der Waals surface area contributed by atoms with Gasteiger partial charge >= 0.3 is 0 Å². The number of aliphatic hydroxyl groups is 1. The summed E-state index contributed by atoms with van der Waals surface area (Å²) in [4.78, 5) is 13.6. The van der Waals surface area contributed by atoms with Gasteiger partial charge in [-0.15, -0.1) is 0 Å². The second-order valence-electron chi connectivity index (χ2n) is 2.93. The van der Waals surface area contributed by atoms with Gasteiger partial charge in [0.15, 0.2) is 0 Å². The van der Waals surface area contributed by atoms with Crippen LogP contribution in [-0.2, 0) is 6.42 Å². The van der Waals surface area contributed by atoms with Crippen LogP contribution in [0.5, 0.6) is 0 Å². The maximum absolute atomic E-state index is 11.2. The molecule has 0 spiro atoms. The number of nitrogens with zero attached hydrogens (tertiary/aromatic N) is 1. The van der Waals surface area contributed by atoms with Crippen molar-refractivity contribution in [2.45, 2.75) is 13.3 Å². The molecule has 0 saturated carbocycles. The van der Waals surface area contributed by atoms with E-state index in [2.05, 4.69) is 4.98 Å². The minimum absolute atomic E-state index is 0.0580. The molecule has 1 aromatic heterocycles. The Bertz CT molecular complexity index is 443. The number of aliphatic hydroxyl groups excluding tert-OH is 1. The van der Waals surface area contributed by atoms with Crippen LogP contribution in [0.25, 0.3) is 0 Å². The van der Waals surface area contributed by atoms with Crippen molar-refractivity contribution >= 4 is 5.82 Å². The van der Waals surface area contributed by atoms with E-state index in [-0.39, 0.29) is 18.0 Å². The van der Waals surface area contributed by atoms with Crippen molar-refractivity contribution in [3.05, 3.63) is 27.0 Å². The fourth-order valence-corrected chi connectivity index (χ4v) is 1.35. The Kier molecular flexibility index (Phi) is 2.89. The lowest BCUT2D eigenvalue weighted by molar-refractivity contribution is 0.299. The van der Waals surface area contributed by atoms with E-state index in [0.717, 1.165) is 0 Å². The second-order valence-corrected chi connectivity index (χ2v) is 2.93. The van der Waals surface area contributed by atoms with Gasteiger partial charge in [0.1, 0.15) is 17.5 Å². The van der Waals surface area contributed by atoms with Gasteiger partial charge in [0.2, 0.25) is 0 Å². The fourth-order valence-electron chi connectivity index (χ4n) is 1.35. The Hall–Kier alpha value is -1.80. The van der Waals surface area contributed by atoms with Crippen molar-refractivity contribution in [1.82, 2.24) is 4.98 Å². The highest BCUT2D eigenvalue weighted by molar-refractivity contribution is 5.50. The van der Waals surface area contributed by atoms with Gasteiger partial charge in [-0.25, -0.2) is 0 Å². The lowest BCUT2D eigenvalue weighted by Gasteiger charge is -2.08. The van der Waals surface area contributed by atoms with E-state index in [1.807, 2.05) is 6.07 Å². The number of nitrogens with one attached hydrogen (secondary N) is 1. The Labute approximate surface area is 80.8 Å². The summed E-state index contributed by atoms with van der Waals surface area (Å²) in [6, 6.07) is 1.81. The number of rotatable bonds is 2. The first-order chi connectivity index (χ1) is 6.61. The monoisotopic (exact) mass is 193 g/mol. The molecule has 0 aromatic carbocycles. The van der Waals surface area contributed by atoms with Gasteiger partial charge in [0.25, 0.3) is 5.56 Å². The lowest BCUT2D eigenvalue weighted by Crippen LogP contribution is -2.18. The number of nitrogen functional groups attached to an aromatic ring is 1. The third kappa shape index (κ3) is 1.60. The molecule has 14 heavy (non-hydrogen) atoms. The number of nitriles is 1. The van der Waals surface area contributed by atoms with Crippen LogP contribution in [0.15, 0.2) is 4.79 Å². The SMILES string of the molecule is Cc1c(CCO)c(N)[nH]c(=O)c1C#N. The smallest absolute Gasteiger partial charge is 0.267 e. The number of anilines is 1. The van der Waals surface area contributed by atoms with E-state index in [1.165, 1.54) is 0 Å². The van der Waals surface area contributed by atoms with Crippen LogP contribution >= 0.6 is 0 Å². The van der Waals surface area contributed by atoms with Crippen LogP contribution in [0.3, 0.4) is 0 Å². The predicted octanol–water partition coefficient (Wildman–Crippen LogP) is -0.328. The van der Waals surface area contributed by atoms with Gasteiger partial charge in [-0.05, 0) is 24.5 Å². The summed E-state index contributed by atoms with van der Waals surface area (Å²) in [5, 5.41) is 17.5. The summed E-state index contributed by atoms with van der Waals surface area (Å²) in [7, 11) is 0. The molecule has 0 aliphatic heterocycles. The molecule has 0 fully saturated rings. The molecule has 5 nitrogen and oxygen atoms in total. The normalized spacial score (nSPS) is 9.79. The third-order valence-corrected chi connectivity index (χ3v) is 2.10. The minimum Gasteiger partial charge on any atom is -0.396 e. The Morgan fingerprint density at radius 1 is 1.64 bits per heavy atom. The number of pyridine rings is 1. The lowest BCUT2D eigenvalue weighted by atomic mass is 10.0. The maximum Gasteiger partial charge on any atom is 0.267 e. The van der Waals surface area contributed by atoms with E-state index in [1.54, 1.807) is 6.92 Å². The molecule has 0 unspecified atom stereocenters. The number of aromatic amines is 1. The van der Waals surface area contributed by atoms with E-state index in [9.17, 15) is 4.79 Å². The number of H-pyrrole nitrogens is 1. The first-order valence-corrected chi connectivity index (χ1v) is 4.14. The molecule has 0 bridgehead atoms. The summed E-state index contributed by atoms with van der Waals surface area (Å²) < 4.78 is 0. The molecule has 1 rings (SSSR count). The molecular formula is C9H11N3O2. The highest BCUT2D eigenvalue weighted by atomic mass is 16.3. The van der Waals surface area contributed by atoms with Gasteiger partial charge in [0.05, 0.1) is 0 Å². The number of hydrogen-bond acceptors (Lipinski definition) is 4. The zero-order chi connectivity index (χ0) is 10.7. The van der Waals surface area contributed by atoms with Crippen molar-refractivity contribution in [3.8, 4) is 6.07 Å². The molecule has 0 aliphatic carbocycles. The summed E-state index contributed by atoms with van der Waals surface area (Å²) >= 11 is 0. The minimum atomic E-state index is -0.482. The summed E-state index contributed by atoms with van der Waals surface area (Å²) in [6.07, 6.45) is 0.336. The van der Waals surface area contributed by atoms with Crippen LogP contribution < -0.4 is 11.3 Å². The highest BCUT2D eigenvalue weighted by Crippen LogP contribution is 2.15. The van der Waals surface area contributed by atoms with Crippen LogP contribution in [-0.4, -0.2) is 16.7 Å². The largest absolute Gasteiger partial charge is 0.396 e. The number of hydrogen-bond donors (Lipinski definition) is 3. The van der Waals surface area contributed by atoms with E-state index in [4.69, 9.17) is 16.1 Å². The molecule has 4 N–H and O–H groups in total. The Morgan fingerprint density at radius 3 is 2.79 bits per heavy atom. The van der Waals surface area contributed by atoms with Crippen molar-refractivity contribution in [1.29, 1.82) is 5.26 Å². The van der Waals surface area contributed by atoms with Crippen LogP contribution in [0.4, 0.5) is 5.82 Å². The van der Waals surface area contributed by atoms with Crippen LogP contribution in [0.2, 0.25) is 0 Å². The fraction of sp³-hybridized carbons (Fsp3) is 0.333. The molecule has 5 heteroatoms. The molecule has 0 saturated heterocycles. The molecule has 1 heterocycles. The third-order valence-electron chi connectivity index (χ3n) is 2.10. The zero-order valence-corrected chi connectivity index (χ0v) is 7.79. The predicted molar refractivity (Wildman–Crippen MR) is 51.7 cm³/mol. The van der Waals surface area contributed by atoms with Gasteiger partial charge in [-0.3, -0.25) is 4.79 Å². The van der Waals surface area contributed by atoms with Gasteiger partial charge in [-0.2, -0.15) is 5.26 Å². The average molecular weight is 193 g/mol. The summed E-state index contributed by atoms with van der Waals surface area (Å²) in [5.74, 6) is 0.223. The maximum atomic E-state index is 11.2. The second kappa shape index (κ2) is 3.94. The molecule has 74 valence electrons. The van der Waals surface area contributed by atoms with E-state index < -0.39 is 5.56 Å². The van der Waals surface area contributed by atoms with Crippen molar-refractivity contribution in [2.75, 3.05) is 12.3 Å². The zero-order valence-electron chi connectivity index (χ0n) is 7.79. The topological polar surface area (TPSA) is 103 Å². The molecule has 1 aromatic rings. The van der Waals surface area contributed by atoms with Crippen LogP contribution in [0, 0.1) is 18.3 Å². The highest BCUT2D eigenvalue weighted by Gasteiger charge is 2.11. The van der Waals surface area contributed by atoms with Gasteiger partial charge in [0, 0.05) is 6.61 Å². The molecule has 0 atom stereocenters. The number of aromatic nitrogens is 1. The average Bonchev–Trinajstić information content (AvgIpc) is 2.12. The quantitative estimate of drug-likeness (QED) is 0.598. The van der Waals surface area contributed by atoms with Gasteiger partial charge in [-0.1, -0.05) is 0 Å². The first-order valence-electron chi connectivity index (χ1n) is 4.14. The van der Waals surface area contributed by atoms with Crippen molar-refractivity contribution in [2.24, 2.45) is 0 Å². The summed E-state index contributed by atoms with van der Waals surface area (Å²) in [5.41, 5.74) is 6.30. The van der Waals surface area contributed by atoms with Crippen LogP contribution in [0.1, 0.15) is 16.7 Å². The molecule has 0 aliphatic rings. The molecule has 0 amide bonds. The first kappa shape index (κ1) is 10.3. The Balaban J connectivity index is 3.46. The Morgan fingerprint density at radius 2 is 2.29 bits per heavy atom. The molecule has 0 radical (unpaired) electrons. The van der Waals surface area contributed by atoms with E-state index in [0.29, 0.717) is 17.5 Å². The van der Waals surface area contributed by atoms with Gasteiger partial charge < -0.3 is 15.8 Å². The van der Waals surface area contributed by atoms with E-state index >= 15 is 0 Å².